The number of hydrogen-bond acceptors (Lipinski definition) is 6. The zero-order chi connectivity index (χ0) is 21.7. The van der Waals surface area contributed by atoms with Gasteiger partial charge in [-0.1, -0.05) is 40.2 Å². The number of nitrogens with zero attached hydrogens (tertiary/aromatic N) is 1. The highest BCUT2D eigenvalue weighted by Crippen LogP contribution is 2.23. The molecule has 1 aliphatic heterocycles. The van der Waals surface area contributed by atoms with E-state index in [1.807, 2.05) is 29.2 Å². The normalized spacial score (nSPS) is 19.0. The molecule has 2 unspecified atom stereocenters. The first-order valence-corrected chi connectivity index (χ1v) is 12.4. The standard InChI is InChI=1S/C22H26BrNO5S/c1-16(25)21-7-2-3-8-22(21)29-14-20(26)13-24(19-9-10-30(27,28)15-19)12-17-5-4-6-18(23)11-17/h2-8,11,19-20,26H,9-10,12-15H2,1H3. The molecule has 2 aromatic carbocycles. The van der Waals surface area contributed by atoms with Gasteiger partial charge < -0.3 is 9.84 Å². The van der Waals surface area contributed by atoms with Crippen LogP contribution in [0.3, 0.4) is 0 Å². The lowest BCUT2D eigenvalue weighted by Gasteiger charge is -2.30. The van der Waals surface area contributed by atoms with E-state index in [4.69, 9.17) is 4.74 Å². The number of para-hydroxylation sites is 1. The van der Waals surface area contributed by atoms with Crippen LogP contribution >= 0.6 is 15.9 Å². The highest BCUT2D eigenvalue weighted by atomic mass is 79.9. The Balaban J connectivity index is 1.68. The van der Waals surface area contributed by atoms with E-state index in [1.165, 1.54) is 6.92 Å². The van der Waals surface area contributed by atoms with Crippen molar-refractivity contribution in [3.05, 3.63) is 64.1 Å². The number of Topliss-reactive ketones (excluding diaryl/α,β-unsaturated/α-hetero) is 1. The summed E-state index contributed by atoms with van der Waals surface area (Å²) in [5.41, 5.74) is 1.50. The minimum Gasteiger partial charge on any atom is -0.490 e. The van der Waals surface area contributed by atoms with Crippen LogP contribution in [0.4, 0.5) is 0 Å². The van der Waals surface area contributed by atoms with Gasteiger partial charge in [-0.3, -0.25) is 9.69 Å². The summed E-state index contributed by atoms with van der Waals surface area (Å²) in [6, 6.07) is 14.6. The van der Waals surface area contributed by atoms with Crippen molar-refractivity contribution < 1.29 is 23.1 Å². The summed E-state index contributed by atoms with van der Waals surface area (Å²) in [5.74, 6) is 0.603. The number of benzene rings is 2. The average Bonchev–Trinajstić information content (AvgIpc) is 3.06. The molecule has 6 nitrogen and oxygen atoms in total. The molecule has 0 aromatic heterocycles. The summed E-state index contributed by atoms with van der Waals surface area (Å²) in [6.45, 7) is 2.29. The number of carbonyl (C=O) groups excluding carboxylic acids is 1. The summed E-state index contributed by atoms with van der Waals surface area (Å²) in [7, 11) is -3.05. The molecule has 0 radical (unpaired) electrons. The lowest BCUT2D eigenvalue weighted by molar-refractivity contribution is 0.0520. The molecule has 0 bridgehead atoms. The monoisotopic (exact) mass is 495 g/mol. The summed E-state index contributed by atoms with van der Waals surface area (Å²) in [6.07, 6.45) is -0.280. The molecule has 1 aliphatic rings. The fourth-order valence-corrected chi connectivity index (χ4v) is 5.88. The molecule has 1 saturated heterocycles. The third-order valence-corrected chi connectivity index (χ3v) is 7.39. The molecule has 2 atom stereocenters. The van der Waals surface area contributed by atoms with E-state index in [-0.39, 0.29) is 36.5 Å². The van der Waals surface area contributed by atoms with Crippen molar-refractivity contribution >= 4 is 31.6 Å². The van der Waals surface area contributed by atoms with Crippen molar-refractivity contribution in [2.75, 3.05) is 24.7 Å². The third kappa shape index (κ3) is 6.38. The molecule has 162 valence electrons. The fraction of sp³-hybridized carbons (Fsp3) is 0.409. The van der Waals surface area contributed by atoms with Gasteiger partial charge in [0, 0.05) is 23.6 Å². The van der Waals surface area contributed by atoms with E-state index in [2.05, 4.69) is 15.9 Å². The second-order valence-corrected chi connectivity index (χ2v) is 10.8. The van der Waals surface area contributed by atoms with E-state index in [1.54, 1.807) is 24.3 Å². The quantitative estimate of drug-likeness (QED) is 0.538. The van der Waals surface area contributed by atoms with Crippen LogP contribution in [0.1, 0.15) is 29.3 Å². The molecule has 0 saturated carbocycles. The van der Waals surface area contributed by atoms with E-state index in [0.717, 1.165) is 10.0 Å². The zero-order valence-electron chi connectivity index (χ0n) is 16.8. The number of aliphatic hydroxyl groups is 1. The van der Waals surface area contributed by atoms with Crippen molar-refractivity contribution in [2.45, 2.75) is 32.0 Å². The van der Waals surface area contributed by atoms with Crippen LogP contribution in [-0.2, 0) is 16.4 Å². The molecule has 0 aliphatic carbocycles. The SMILES string of the molecule is CC(=O)c1ccccc1OCC(O)CN(Cc1cccc(Br)c1)C1CCS(=O)(=O)C1. The van der Waals surface area contributed by atoms with Gasteiger partial charge in [-0.05, 0) is 43.2 Å². The highest BCUT2D eigenvalue weighted by molar-refractivity contribution is 9.10. The molecule has 0 amide bonds. The summed E-state index contributed by atoms with van der Waals surface area (Å²) < 4.78 is 30.7. The molecule has 1 N–H and O–H groups in total. The first-order valence-electron chi connectivity index (χ1n) is 9.83. The van der Waals surface area contributed by atoms with Crippen LogP contribution < -0.4 is 4.74 Å². The second-order valence-electron chi connectivity index (χ2n) is 7.63. The van der Waals surface area contributed by atoms with Crippen molar-refractivity contribution in [1.82, 2.24) is 4.90 Å². The zero-order valence-corrected chi connectivity index (χ0v) is 19.2. The first kappa shape index (κ1) is 22.9. The molecule has 3 rings (SSSR count). The smallest absolute Gasteiger partial charge is 0.163 e. The van der Waals surface area contributed by atoms with Gasteiger partial charge in [0.1, 0.15) is 18.5 Å². The first-order chi connectivity index (χ1) is 14.2. The van der Waals surface area contributed by atoms with Gasteiger partial charge in [0.2, 0.25) is 0 Å². The maximum Gasteiger partial charge on any atom is 0.163 e. The highest BCUT2D eigenvalue weighted by Gasteiger charge is 2.33. The Morgan fingerprint density at radius 1 is 1.27 bits per heavy atom. The summed E-state index contributed by atoms with van der Waals surface area (Å²) in [5, 5.41) is 10.6. The number of ether oxygens (including phenoxy) is 1. The predicted octanol–water partition coefficient (Wildman–Crippen LogP) is 3.08. The maximum atomic E-state index is 12.0. The van der Waals surface area contributed by atoms with Crippen molar-refractivity contribution in [1.29, 1.82) is 0 Å². The van der Waals surface area contributed by atoms with Gasteiger partial charge in [-0.25, -0.2) is 8.42 Å². The lowest BCUT2D eigenvalue weighted by Crippen LogP contribution is -2.42. The van der Waals surface area contributed by atoms with Gasteiger partial charge >= 0.3 is 0 Å². The molecule has 0 spiro atoms. The minimum atomic E-state index is -3.05. The van der Waals surface area contributed by atoms with Crippen LogP contribution in [0, 0.1) is 0 Å². The van der Waals surface area contributed by atoms with Gasteiger partial charge in [0.05, 0.1) is 17.1 Å². The van der Waals surface area contributed by atoms with Crippen molar-refractivity contribution in [3.63, 3.8) is 0 Å². The maximum absolute atomic E-state index is 12.0. The summed E-state index contributed by atoms with van der Waals surface area (Å²) in [4.78, 5) is 13.8. The average molecular weight is 496 g/mol. The molecule has 1 fully saturated rings. The number of rotatable bonds is 9. The van der Waals surface area contributed by atoms with Gasteiger partial charge in [-0.2, -0.15) is 0 Å². The van der Waals surface area contributed by atoms with Crippen LogP contribution in [-0.4, -0.2) is 61.0 Å². The number of halogens is 1. The number of carbonyl (C=O) groups is 1. The lowest BCUT2D eigenvalue weighted by atomic mass is 10.1. The number of aliphatic hydroxyl groups excluding tert-OH is 1. The molecular formula is C22H26BrNO5S. The van der Waals surface area contributed by atoms with E-state index in [9.17, 15) is 18.3 Å². The van der Waals surface area contributed by atoms with Crippen LogP contribution in [0.15, 0.2) is 53.0 Å². The number of hydrogen-bond donors (Lipinski definition) is 1. The number of ketones is 1. The topological polar surface area (TPSA) is 83.9 Å². The minimum absolute atomic E-state index is 0.0126. The van der Waals surface area contributed by atoms with Crippen LogP contribution in [0.2, 0.25) is 0 Å². The van der Waals surface area contributed by atoms with Gasteiger partial charge in [0.25, 0.3) is 0 Å². The van der Waals surface area contributed by atoms with Gasteiger partial charge in [0.15, 0.2) is 15.6 Å². The van der Waals surface area contributed by atoms with Gasteiger partial charge in [-0.15, -0.1) is 0 Å². The van der Waals surface area contributed by atoms with E-state index in [0.29, 0.717) is 24.3 Å². The summed E-state index contributed by atoms with van der Waals surface area (Å²) >= 11 is 3.46. The second kappa shape index (κ2) is 10.0. The Hall–Kier alpha value is -1.74. The molecule has 8 heteroatoms. The Bertz CT molecular complexity index is 995. The Morgan fingerprint density at radius 3 is 2.70 bits per heavy atom. The number of sulfone groups is 1. The van der Waals surface area contributed by atoms with E-state index >= 15 is 0 Å². The van der Waals surface area contributed by atoms with E-state index < -0.39 is 15.9 Å². The van der Waals surface area contributed by atoms with Crippen molar-refractivity contribution in [2.24, 2.45) is 0 Å². The molecule has 1 heterocycles. The van der Waals surface area contributed by atoms with Crippen LogP contribution in [0.25, 0.3) is 0 Å². The molecule has 2 aromatic rings. The fourth-order valence-electron chi connectivity index (χ4n) is 3.67. The molecule has 30 heavy (non-hydrogen) atoms. The van der Waals surface area contributed by atoms with Crippen LogP contribution in [0.5, 0.6) is 5.75 Å². The Kier molecular flexibility index (Phi) is 7.68. The predicted molar refractivity (Wildman–Crippen MR) is 120 cm³/mol. The third-order valence-electron chi connectivity index (χ3n) is 5.14. The Morgan fingerprint density at radius 2 is 2.03 bits per heavy atom. The van der Waals surface area contributed by atoms with Crippen molar-refractivity contribution in [3.8, 4) is 5.75 Å². The Labute approximate surface area is 185 Å². The largest absolute Gasteiger partial charge is 0.490 e. The molecular weight excluding hydrogens is 470 g/mol.